The number of hydrogen-bond donors (Lipinski definition) is 2. The average Bonchev–Trinajstić information content (AvgIpc) is 2.76. The van der Waals surface area contributed by atoms with Crippen molar-refractivity contribution < 1.29 is 4.79 Å². The molecule has 2 unspecified atom stereocenters. The van der Waals surface area contributed by atoms with Gasteiger partial charge in [0, 0.05) is 19.1 Å². The van der Waals surface area contributed by atoms with Crippen molar-refractivity contribution in [2.75, 3.05) is 13.1 Å². The van der Waals surface area contributed by atoms with Crippen LogP contribution in [-0.4, -0.2) is 25.0 Å². The van der Waals surface area contributed by atoms with Crippen LogP contribution in [0, 0.1) is 25.7 Å². The predicted molar refractivity (Wildman–Crippen MR) is 71.4 cm³/mol. The number of carbonyl (C=O) groups is 1. The molecule has 1 aromatic carbocycles. The van der Waals surface area contributed by atoms with Gasteiger partial charge in [-0.05, 0) is 36.8 Å². The van der Waals surface area contributed by atoms with Gasteiger partial charge in [-0.1, -0.05) is 23.8 Å². The highest BCUT2D eigenvalue weighted by molar-refractivity contribution is 5.79. The van der Waals surface area contributed by atoms with Crippen molar-refractivity contribution in [1.82, 2.24) is 10.6 Å². The van der Waals surface area contributed by atoms with E-state index in [1.54, 1.807) is 0 Å². The summed E-state index contributed by atoms with van der Waals surface area (Å²) in [7, 11) is 0. The lowest BCUT2D eigenvalue weighted by Gasteiger charge is -2.10. The summed E-state index contributed by atoms with van der Waals surface area (Å²) >= 11 is 0. The van der Waals surface area contributed by atoms with Gasteiger partial charge in [0.2, 0.25) is 5.91 Å². The van der Waals surface area contributed by atoms with Gasteiger partial charge in [0.05, 0.1) is 6.42 Å². The highest BCUT2D eigenvalue weighted by atomic mass is 16.1. The van der Waals surface area contributed by atoms with Crippen molar-refractivity contribution in [2.45, 2.75) is 26.3 Å². The number of rotatable bonds is 3. The van der Waals surface area contributed by atoms with Crippen LogP contribution in [0.2, 0.25) is 0 Å². The molecule has 2 aliphatic rings. The highest BCUT2D eigenvalue weighted by Crippen LogP contribution is 2.41. The molecular formula is C15H20N2O. The number of hydrogen-bond acceptors (Lipinski definition) is 2. The zero-order chi connectivity index (χ0) is 12.7. The van der Waals surface area contributed by atoms with Crippen LogP contribution in [0.3, 0.4) is 0 Å². The number of nitrogens with one attached hydrogen (secondary N) is 2. The van der Waals surface area contributed by atoms with Crippen molar-refractivity contribution in [3.8, 4) is 0 Å². The number of fused-ring (bicyclic) bond motifs is 1. The molecule has 3 heteroatoms. The number of aryl methyl sites for hydroxylation is 2. The van der Waals surface area contributed by atoms with E-state index in [0.29, 0.717) is 24.3 Å². The molecule has 0 aromatic heterocycles. The lowest BCUT2D eigenvalue weighted by molar-refractivity contribution is -0.120. The summed E-state index contributed by atoms with van der Waals surface area (Å²) in [6.45, 7) is 6.27. The first-order valence-electron chi connectivity index (χ1n) is 6.71. The minimum Gasteiger partial charge on any atom is -0.352 e. The molecule has 96 valence electrons. The quantitative estimate of drug-likeness (QED) is 0.838. The molecule has 1 heterocycles. The molecule has 3 rings (SSSR count). The molecule has 0 bridgehead atoms. The van der Waals surface area contributed by atoms with Gasteiger partial charge in [0.1, 0.15) is 0 Å². The molecule has 2 fully saturated rings. The second-order valence-electron chi connectivity index (χ2n) is 5.69. The summed E-state index contributed by atoms with van der Waals surface area (Å²) in [6, 6.07) is 6.73. The normalized spacial score (nSPS) is 28.9. The van der Waals surface area contributed by atoms with Gasteiger partial charge in [-0.25, -0.2) is 0 Å². The lowest BCUT2D eigenvalue weighted by Crippen LogP contribution is -2.33. The summed E-state index contributed by atoms with van der Waals surface area (Å²) in [5, 5.41) is 6.51. The van der Waals surface area contributed by atoms with E-state index in [-0.39, 0.29) is 5.91 Å². The fourth-order valence-corrected chi connectivity index (χ4v) is 3.03. The first-order chi connectivity index (χ1) is 8.65. The van der Waals surface area contributed by atoms with E-state index in [1.165, 1.54) is 11.1 Å². The third-order valence-electron chi connectivity index (χ3n) is 4.27. The van der Waals surface area contributed by atoms with Crippen LogP contribution in [0.1, 0.15) is 16.7 Å². The van der Waals surface area contributed by atoms with Crippen LogP contribution < -0.4 is 10.6 Å². The summed E-state index contributed by atoms with van der Waals surface area (Å²) in [6.07, 6.45) is 0.511. The summed E-state index contributed by atoms with van der Waals surface area (Å²) < 4.78 is 0. The zero-order valence-electron chi connectivity index (χ0n) is 11.0. The minimum absolute atomic E-state index is 0.170. The number of piperidine rings is 1. The Morgan fingerprint density at radius 3 is 2.78 bits per heavy atom. The van der Waals surface area contributed by atoms with Gasteiger partial charge < -0.3 is 10.6 Å². The van der Waals surface area contributed by atoms with Gasteiger partial charge in [-0.2, -0.15) is 0 Å². The molecule has 0 radical (unpaired) electrons. The van der Waals surface area contributed by atoms with Crippen molar-refractivity contribution in [1.29, 1.82) is 0 Å². The van der Waals surface area contributed by atoms with Gasteiger partial charge in [-0.3, -0.25) is 4.79 Å². The third kappa shape index (κ3) is 2.15. The molecule has 2 atom stereocenters. The molecule has 1 aliphatic carbocycles. The Morgan fingerprint density at radius 2 is 2.06 bits per heavy atom. The summed E-state index contributed by atoms with van der Waals surface area (Å²) in [5.41, 5.74) is 3.57. The van der Waals surface area contributed by atoms with Gasteiger partial charge in [-0.15, -0.1) is 0 Å². The Hall–Kier alpha value is -1.35. The SMILES string of the molecule is Cc1ccc(C)c(CC(=O)NC2C3CNCC32)c1. The van der Waals surface area contributed by atoms with Crippen LogP contribution >= 0.6 is 0 Å². The van der Waals surface area contributed by atoms with E-state index >= 15 is 0 Å². The van der Waals surface area contributed by atoms with Crippen LogP contribution in [-0.2, 0) is 11.2 Å². The Balaban J connectivity index is 1.59. The maximum atomic E-state index is 12.0. The van der Waals surface area contributed by atoms with Crippen molar-refractivity contribution in [3.05, 3.63) is 34.9 Å². The van der Waals surface area contributed by atoms with Crippen LogP contribution in [0.25, 0.3) is 0 Å². The second-order valence-corrected chi connectivity index (χ2v) is 5.69. The van der Waals surface area contributed by atoms with E-state index in [9.17, 15) is 4.79 Å². The second kappa shape index (κ2) is 4.39. The van der Waals surface area contributed by atoms with Crippen LogP contribution in [0.15, 0.2) is 18.2 Å². The van der Waals surface area contributed by atoms with Gasteiger partial charge in [0.15, 0.2) is 0 Å². The van der Waals surface area contributed by atoms with Crippen molar-refractivity contribution >= 4 is 5.91 Å². The first kappa shape index (κ1) is 11.7. The van der Waals surface area contributed by atoms with Crippen molar-refractivity contribution in [3.63, 3.8) is 0 Å². The summed E-state index contributed by atoms with van der Waals surface area (Å²) in [5.74, 6) is 1.54. The Morgan fingerprint density at radius 1 is 1.33 bits per heavy atom. The van der Waals surface area contributed by atoms with E-state index < -0.39 is 0 Å². The van der Waals surface area contributed by atoms with E-state index in [4.69, 9.17) is 0 Å². The predicted octanol–water partition coefficient (Wildman–Crippen LogP) is 1.18. The highest BCUT2D eigenvalue weighted by Gasteiger charge is 2.53. The topological polar surface area (TPSA) is 41.1 Å². The van der Waals surface area contributed by atoms with E-state index in [2.05, 4.69) is 42.7 Å². The smallest absolute Gasteiger partial charge is 0.224 e. The fourth-order valence-electron chi connectivity index (χ4n) is 3.03. The third-order valence-corrected chi connectivity index (χ3v) is 4.27. The molecule has 1 aromatic rings. The Kier molecular flexibility index (Phi) is 2.86. The van der Waals surface area contributed by atoms with Gasteiger partial charge in [0.25, 0.3) is 0 Å². The maximum Gasteiger partial charge on any atom is 0.224 e. The Labute approximate surface area is 108 Å². The molecule has 1 saturated carbocycles. The monoisotopic (exact) mass is 244 g/mol. The Bertz CT molecular complexity index is 473. The zero-order valence-corrected chi connectivity index (χ0v) is 11.0. The van der Waals surface area contributed by atoms with Gasteiger partial charge >= 0.3 is 0 Å². The molecule has 0 spiro atoms. The largest absolute Gasteiger partial charge is 0.352 e. The van der Waals surface area contributed by atoms with E-state index in [1.807, 2.05) is 0 Å². The maximum absolute atomic E-state index is 12.0. The molecule has 1 aliphatic heterocycles. The lowest BCUT2D eigenvalue weighted by atomic mass is 10.0. The number of carbonyl (C=O) groups excluding carboxylic acids is 1. The molecule has 1 amide bonds. The number of benzene rings is 1. The minimum atomic E-state index is 0.170. The summed E-state index contributed by atoms with van der Waals surface area (Å²) in [4.78, 5) is 12.0. The molecule has 2 N–H and O–H groups in total. The molecule has 3 nitrogen and oxygen atoms in total. The molecular weight excluding hydrogens is 224 g/mol. The van der Waals surface area contributed by atoms with Crippen LogP contribution in [0.4, 0.5) is 0 Å². The average molecular weight is 244 g/mol. The van der Waals surface area contributed by atoms with E-state index in [0.717, 1.165) is 18.7 Å². The molecule has 1 saturated heterocycles. The van der Waals surface area contributed by atoms with Crippen LogP contribution in [0.5, 0.6) is 0 Å². The van der Waals surface area contributed by atoms with Crippen molar-refractivity contribution in [2.24, 2.45) is 11.8 Å². The standard InChI is InChI=1S/C15H20N2O/c1-9-3-4-10(2)11(5-9)6-14(18)17-15-12-7-16-8-13(12)15/h3-5,12-13,15-16H,6-8H2,1-2H3,(H,17,18). The first-order valence-corrected chi connectivity index (χ1v) is 6.71. The number of amides is 1. The molecule has 18 heavy (non-hydrogen) atoms. The fraction of sp³-hybridized carbons (Fsp3) is 0.533.